The first-order valence-electron chi connectivity index (χ1n) is 8.77. The lowest BCUT2D eigenvalue weighted by Gasteiger charge is -2.07. The molecule has 1 aliphatic heterocycles. The molecule has 0 bridgehead atoms. The van der Waals surface area contributed by atoms with E-state index in [2.05, 4.69) is 15.7 Å². The molecular formula is C20H17FN4O4. The van der Waals surface area contributed by atoms with E-state index in [1.807, 2.05) is 0 Å². The lowest BCUT2D eigenvalue weighted by atomic mass is 10.1. The van der Waals surface area contributed by atoms with E-state index < -0.39 is 11.8 Å². The van der Waals surface area contributed by atoms with E-state index in [0.717, 1.165) is 5.56 Å². The van der Waals surface area contributed by atoms with Crippen LogP contribution in [0.3, 0.4) is 0 Å². The quantitative estimate of drug-likeness (QED) is 0.690. The van der Waals surface area contributed by atoms with Crippen LogP contribution in [0.15, 0.2) is 48.5 Å². The molecule has 1 aromatic heterocycles. The number of fused-ring (bicyclic) bond motifs is 1. The standard InChI is InChI=1S/C20H17FN4O4/c1-25-16(12-2-4-13(21)5-3-12)9-15(24-25)20(27)22-10-19(26)23-14-6-7-17-18(8-14)29-11-28-17/h2-9H,10-11H2,1H3,(H,22,27)(H,23,26). The molecule has 148 valence electrons. The first kappa shape index (κ1) is 18.5. The average Bonchev–Trinajstić information content (AvgIpc) is 3.33. The van der Waals surface area contributed by atoms with Crippen LogP contribution in [0.2, 0.25) is 0 Å². The van der Waals surface area contributed by atoms with Crippen molar-refractivity contribution in [3.05, 3.63) is 60.0 Å². The van der Waals surface area contributed by atoms with Gasteiger partial charge in [-0.05, 0) is 48.0 Å². The Morgan fingerprint density at radius 1 is 1.10 bits per heavy atom. The van der Waals surface area contributed by atoms with Crippen LogP contribution >= 0.6 is 0 Å². The number of anilines is 1. The van der Waals surface area contributed by atoms with Crippen LogP contribution in [0.4, 0.5) is 10.1 Å². The molecule has 9 heteroatoms. The monoisotopic (exact) mass is 396 g/mol. The Morgan fingerprint density at radius 3 is 2.66 bits per heavy atom. The molecule has 2 heterocycles. The van der Waals surface area contributed by atoms with Gasteiger partial charge in [0.2, 0.25) is 12.7 Å². The van der Waals surface area contributed by atoms with Crippen LogP contribution in [0, 0.1) is 5.82 Å². The van der Waals surface area contributed by atoms with Crippen LogP contribution < -0.4 is 20.1 Å². The Hall–Kier alpha value is -3.88. The number of hydrogen-bond acceptors (Lipinski definition) is 5. The third-order valence-corrected chi connectivity index (χ3v) is 4.32. The summed E-state index contributed by atoms with van der Waals surface area (Å²) in [6.07, 6.45) is 0. The predicted molar refractivity (Wildman–Crippen MR) is 102 cm³/mol. The Kier molecular flexibility index (Phi) is 4.86. The molecule has 0 unspecified atom stereocenters. The number of hydrogen-bond donors (Lipinski definition) is 2. The number of aromatic nitrogens is 2. The van der Waals surface area contributed by atoms with E-state index in [4.69, 9.17) is 9.47 Å². The van der Waals surface area contributed by atoms with E-state index in [1.165, 1.54) is 16.8 Å². The number of amides is 2. The lowest BCUT2D eigenvalue weighted by molar-refractivity contribution is -0.115. The van der Waals surface area contributed by atoms with Crippen LogP contribution in [0.1, 0.15) is 10.5 Å². The highest BCUT2D eigenvalue weighted by molar-refractivity contribution is 5.99. The highest BCUT2D eigenvalue weighted by Crippen LogP contribution is 2.34. The minimum Gasteiger partial charge on any atom is -0.454 e. The number of nitrogens with one attached hydrogen (secondary N) is 2. The number of rotatable bonds is 5. The number of benzene rings is 2. The number of carbonyl (C=O) groups excluding carboxylic acids is 2. The van der Waals surface area contributed by atoms with Gasteiger partial charge in [-0.1, -0.05) is 0 Å². The fourth-order valence-electron chi connectivity index (χ4n) is 2.90. The van der Waals surface area contributed by atoms with Gasteiger partial charge in [-0.3, -0.25) is 14.3 Å². The van der Waals surface area contributed by atoms with Gasteiger partial charge < -0.3 is 20.1 Å². The van der Waals surface area contributed by atoms with E-state index in [-0.39, 0.29) is 24.8 Å². The van der Waals surface area contributed by atoms with Crippen LogP contribution in [-0.2, 0) is 11.8 Å². The molecular weight excluding hydrogens is 379 g/mol. The maximum absolute atomic E-state index is 13.1. The second-order valence-corrected chi connectivity index (χ2v) is 6.34. The van der Waals surface area contributed by atoms with Crippen LogP contribution in [0.5, 0.6) is 11.5 Å². The second-order valence-electron chi connectivity index (χ2n) is 6.34. The molecule has 0 saturated heterocycles. The molecule has 29 heavy (non-hydrogen) atoms. The summed E-state index contributed by atoms with van der Waals surface area (Å²) in [6.45, 7) is -0.0808. The predicted octanol–water partition coefficient (Wildman–Crippen LogP) is 2.32. The Bertz CT molecular complexity index is 1080. The summed E-state index contributed by atoms with van der Waals surface area (Å²) in [5.74, 6) is -0.0684. The van der Waals surface area contributed by atoms with Gasteiger partial charge in [-0.25, -0.2) is 4.39 Å². The molecule has 2 N–H and O–H groups in total. The number of halogens is 1. The lowest BCUT2D eigenvalue weighted by Crippen LogP contribution is -2.33. The zero-order valence-electron chi connectivity index (χ0n) is 15.4. The molecule has 8 nitrogen and oxygen atoms in total. The summed E-state index contributed by atoms with van der Waals surface area (Å²) < 4.78 is 25.1. The SMILES string of the molecule is Cn1nc(C(=O)NCC(=O)Nc2ccc3c(c2)OCO3)cc1-c1ccc(F)cc1. The molecule has 2 aromatic carbocycles. The minimum absolute atomic E-state index is 0.146. The van der Waals surface area contributed by atoms with E-state index in [0.29, 0.717) is 22.9 Å². The molecule has 0 spiro atoms. The third kappa shape index (κ3) is 4.03. The fraction of sp³-hybridized carbons (Fsp3) is 0.150. The highest BCUT2D eigenvalue weighted by atomic mass is 19.1. The van der Waals surface area contributed by atoms with Crippen molar-refractivity contribution in [1.29, 1.82) is 0 Å². The van der Waals surface area contributed by atoms with Crippen molar-refractivity contribution in [1.82, 2.24) is 15.1 Å². The number of carbonyl (C=O) groups is 2. The summed E-state index contributed by atoms with van der Waals surface area (Å²) in [5, 5.41) is 9.36. The number of ether oxygens (including phenoxy) is 2. The van der Waals surface area contributed by atoms with E-state index in [9.17, 15) is 14.0 Å². The van der Waals surface area contributed by atoms with Gasteiger partial charge in [0, 0.05) is 18.8 Å². The summed E-state index contributed by atoms with van der Waals surface area (Å²) in [7, 11) is 1.68. The molecule has 3 aromatic rings. The third-order valence-electron chi connectivity index (χ3n) is 4.32. The largest absolute Gasteiger partial charge is 0.454 e. The minimum atomic E-state index is -0.491. The summed E-state index contributed by atoms with van der Waals surface area (Å²) >= 11 is 0. The van der Waals surface area contributed by atoms with Crippen LogP contribution in [-0.4, -0.2) is 34.9 Å². The molecule has 2 amide bonds. The first-order valence-corrected chi connectivity index (χ1v) is 8.77. The highest BCUT2D eigenvalue weighted by Gasteiger charge is 2.16. The van der Waals surface area contributed by atoms with Gasteiger partial charge in [0.1, 0.15) is 5.82 Å². The van der Waals surface area contributed by atoms with Crippen molar-refractivity contribution >= 4 is 17.5 Å². The second kappa shape index (κ2) is 7.63. The Labute approximate surface area is 165 Å². The fourth-order valence-corrected chi connectivity index (χ4v) is 2.90. The smallest absolute Gasteiger partial charge is 0.272 e. The maximum Gasteiger partial charge on any atom is 0.272 e. The van der Waals surface area contributed by atoms with Gasteiger partial charge in [-0.15, -0.1) is 0 Å². The van der Waals surface area contributed by atoms with Gasteiger partial charge in [0.25, 0.3) is 5.91 Å². The molecule has 0 atom stereocenters. The molecule has 4 rings (SSSR count). The van der Waals surface area contributed by atoms with Crippen molar-refractivity contribution in [2.24, 2.45) is 7.05 Å². The molecule has 0 fully saturated rings. The molecule has 0 aliphatic carbocycles. The summed E-state index contributed by atoms with van der Waals surface area (Å²) in [5.41, 5.74) is 2.06. The van der Waals surface area contributed by atoms with Crippen molar-refractivity contribution in [3.63, 3.8) is 0 Å². The molecule has 1 aliphatic rings. The van der Waals surface area contributed by atoms with Gasteiger partial charge in [0.15, 0.2) is 17.2 Å². The zero-order chi connectivity index (χ0) is 20.4. The van der Waals surface area contributed by atoms with Gasteiger partial charge >= 0.3 is 0 Å². The van der Waals surface area contributed by atoms with Crippen molar-refractivity contribution in [2.45, 2.75) is 0 Å². The summed E-state index contributed by atoms with van der Waals surface area (Å²) in [4.78, 5) is 24.5. The van der Waals surface area contributed by atoms with Gasteiger partial charge in [-0.2, -0.15) is 5.10 Å². The Morgan fingerprint density at radius 2 is 1.86 bits per heavy atom. The molecule has 0 saturated carbocycles. The normalized spacial score (nSPS) is 11.9. The molecule has 0 radical (unpaired) electrons. The van der Waals surface area contributed by atoms with E-state index >= 15 is 0 Å². The van der Waals surface area contributed by atoms with Gasteiger partial charge in [0.05, 0.1) is 12.2 Å². The zero-order valence-corrected chi connectivity index (χ0v) is 15.4. The first-order chi connectivity index (χ1) is 14.0. The maximum atomic E-state index is 13.1. The number of nitrogens with zero attached hydrogens (tertiary/aromatic N) is 2. The van der Waals surface area contributed by atoms with E-state index in [1.54, 1.807) is 43.4 Å². The van der Waals surface area contributed by atoms with Crippen molar-refractivity contribution in [3.8, 4) is 22.8 Å². The number of aryl methyl sites for hydroxylation is 1. The van der Waals surface area contributed by atoms with Crippen molar-refractivity contribution < 1.29 is 23.5 Å². The average molecular weight is 396 g/mol. The van der Waals surface area contributed by atoms with Crippen LogP contribution in [0.25, 0.3) is 11.3 Å². The summed E-state index contributed by atoms with van der Waals surface area (Å²) in [6, 6.07) is 12.5. The Balaban J connectivity index is 1.36. The topological polar surface area (TPSA) is 94.5 Å². The van der Waals surface area contributed by atoms with Crippen molar-refractivity contribution in [2.75, 3.05) is 18.7 Å².